The van der Waals surface area contributed by atoms with Gasteiger partial charge >= 0.3 is 5.97 Å². The highest BCUT2D eigenvalue weighted by Crippen LogP contribution is 2.28. The summed E-state index contributed by atoms with van der Waals surface area (Å²) < 4.78 is 5.85. The summed E-state index contributed by atoms with van der Waals surface area (Å²) in [6.07, 6.45) is 1.43. The average molecular weight is 449 g/mol. The van der Waals surface area contributed by atoms with E-state index in [1.54, 1.807) is 54.6 Å². The number of carbonyl (C=O) groups excluding carboxylic acids is 2. The second-order valence-corrected chi connectivity index (χ2v) is 7.39. The van der Waals surface area contributed by atoms with E-state index in [4.69, 9.17) is 21.4 Å². The summed E-state index contributed by atoms with van der Waals surface area (Å²) in [5, 5.41) is 10.7. The number of carbonyl (C=O) groups is 3. The molecule has 0 aliphatic carbocycles. The zero-order chi connectivity index (χ0) is 22.7. The first-order chi connectivity index (χ1) is 15.4. The van der Waals surface area contributed by atoms with Crippen LogP contribution in [-0.4, -0.2) is 22.9 Å². The number of hydrogen-bond donors (Lipinski definition) is 2. The lowest BCUT2D eigenvalue weighted by Gasteiger charge is -2.14. The molecule has 0 aromatic heterocycles. The number of amides is 2. The molecule has 1 saturated heterocycles. The maximum absolute atomic E-state index is 12.8. The molecule has 3 aromatic rings. The molecule has 0 spiro atoms. The molecule has 2 amide bonds. The van der Waals surface area contributed by atoms with E-state index in [9.17, 15) is 14.4 Å². The largest absolute Gasteiger partial charge is 0.488 e. The van der Waals surface area contributed by atoms with Gasteiger partial charge in [-0.15, -0.1) is 0 Å². The van der Waals surface area contributed by atoms with E-state index in [0.717, 1.165) is 0 Å². The second kappa shape index (κ2) is 8.95. The lowest BCUT2D eigenvalue weighted by atomic mass is 10.1. The Morgan fingerprint density at radius 3 is 2.56 bits per heavy atom. The number of carboxylic acids is 1. The number of rotatable bonds is 6. The third-order valence-corrected chi connectivity index (χ3v) is 4.98. The third kappa shape index (κ3) is 4.48. The number of nitrogens with zero attached hydrogens (tertiary/aromatic N) is 1. The zero-order valence-corrected chi connectivity index (χ0v) is 17.4. The molecule has 4 rings (SSSR count). The Kier molecular flexibility index (Phi) is 5.91. The Balaban J connectivity index is 1.60. The molecule has 7 nitrogen and oxygen atoms in total. The Bertz CT molecular complexity index is 1240. The molecule has 1 heterocycles. The van der Waals surface area contributed by atoms with E-state index in [1.807, 2.05) is 6.07 Å². The van der Waals surface area contributed by atoms with Gasteiger partial charge in [-0.25, -0.2) is 9.80 Å². The average Bonchev–Trinajstić information content (AvgIpc) is 3.07. The highest BCUT2D eigenvalue weighted by Gasteiger charge is 2.34. The SMILES string of the molecule is O=C1NN(c2ccccc2)C(=O)C1=Cc1cc(Cl)ccc1OCc1cccc(C(=O)O)c1. The topological polar surface area (TPSA) is 95.9 Å². The van der Waals surface area contributed by atoms with Gasteiger partial charge in [-0.1, -0.05) is 41.9 Å². The van der Waals surface area contributed by atoms with Gasteiger partial charge in [-0.3, -0.25) is 15.0 Å². The fraction of sp³-hybridized carbons (Fsp3) is 0.0417. The molecule has 1 aliphatic rings. The van der Waals surface area contributed by atoms with Gasteiger partial charge < -0.3 is 9.84 Å². The maximum Gasteiger partial charge on any atom is 0.335 e. The van der Waals surface area contributed by atoms with Crippen LogP contribution in [0, 0.1) is 0 Å². The van der Waals surface area contributed by atoms with E-state index < -0.39 is 17.8 Å². The Labute approximate surface area is 188 Å². The molecule has 2 N–H and O–H groups in total. The van der Waals surface area contributed by atoms with Crippen molar-refractivity contribution >= 4 is 41.1 Å². The highest BCUT2D eigenvalue weighted by molar-refractivity contribution is 6.32. The summed E-state index contributed by atoms with van der Waals surface area (Å²) in [5.74, 6) is -1.68. The minimum Gasteiger partial charge on any atom is -0.488 e. The van der Waals surface area contributed by atoms with Crippen molar-refractivity contribution in [3.8, 4) is 5.75 Å². The van der Waals surface area contributed by atoms with Gasteiger partial charge in [0.15, 0.2) is 0 Å². The fourth-order valence-corrected chi connectivity index (χ4v) is 3.37. The Hall–Kier alpha value is -4.10. The molecule has 8 heteroatoms. The van der Waals surface area contributed by atoms with Crippen LogP contribution in [0.15, 0.2) is 78.4 Å². The summed E-state index contributed by atoms with van der Waals surface area (Å²) in [7, 11) is 0. The van der Waals surface area contributed by atoms with E-state index in [2.05, 4.69) is 5.43 Å². The van der Waals surface area contributed by atoms with Crippen LogP contribution in [0.5, 0.6) is 5.75 Å². The molecule has 0 bridgehead atoms. The van der Waals surface area contributed by atoms with Crippen LogP contribution in [0.3, 0.4) is 0 Å². The van der Waals surface area contributed by atoms with Gasteiger partial charge in [-0.05, 0) is 54.1 Å². The number of hydrogen-bond acceptors (Lipinski definition) is 4. The van der Waals surface area contributed by atoms with E-state index >= 15 is 0 Å². The first kappa shape index (κ1) is 21.1. The molecule has 0 saturated carbocycles. The fourth-order valence-electron chi connectivity index (χ4n) is 3.19. The normalized spacial score (nSPS) is 14.5. The molecule has 1 fully saturated rings. The van der Waals surface area contributed by atoms with Crippen LogP contribution in [0.1, 0.15) is 21.5 Å². The zero-order valence-electron chi connectivity index (χ0n) is 16.6. The standard InChI is InChI=1S/C24H17ClN2O5/c25-18-9-10-21(32-14-15-5-4-6-16(11-15)24(30)31)17(12-18)13-20-22(28)26-27(23(20)29)19-7-2-1-3-8-19/h1-13H,14H2,(H,26,28)(H,30,31). The Morgan fingerprint density at radius 2 is 1.81 bits per heavy atom. The predicted octanol–water partition coefficient (Wildman–Crippen LogP) is 4.08. The minimum atomic E-state index is -1.03. The van der Waals surface area contributed by atoms with Crippen LogP contribution < -0.4 is 15.2 Å². The molecule has 160 valence electrons. The summed E-state index contributed by atoms with van der Waals surface area (Å²) in [6, 6.07) is 20.0. The summed E-state index contributed by atoms with van der Waals surface area (Å²) in [6.45, 7) is 0.0925. The quantitative estimate of drug-likeness (QED) is 0.437. The van der Waals surface area contributed by atoms with Crippen molar-refractivity contribution in [1.29, 1.82) is 0 Å². The number of ether oxygens (including phenoxy) is 1. The van der Waals surface area contributed by atoms with Crippen LogP contribution in [-0.2, 0) is 16.2 Å². The van der Waals surface area contributed by atoms with Crippen molar-refractivity contribution in [3.05, 3.63) is 100 Å². The molecule has 0 atom stereocenters. The predicted molar refractivity (Wildman–Crippen MR) is 119 cm³/mol. The lowest BCUT2D eigenvalue weighted by molar-refractivity contribution is -0.117. The first-order valence-electron chi connectivity index (χ1n) is 9.59. The van der Waals surface area contributed by atoms with Crippen LogP contribution in [0.25, 0.3) is 6.08 Å². The van der Waals surface area contributed by atoms with Crippen molar-refractivity contribution < 1.29 is 24.2 Å². The van der Waals surface area contributed by atoms with Gasteiger partial charge in [0, 0.05) is 10.6 Å². The van der Waals surface area contributed by atoms with Crippen molar-refractivity contribution in [2.75, 3.05) is 5.01 Å². The van der Waals surface area contributed by atoms with Gasteiger partial charge in [-0.2, -0.15) is 0 Å². The summed E-state index contributed by atoms with van der Waals surface area (Å²) in [4.78, 5) is 36.5. The molecular formula is C24H17ClN2O5. The number of anilines is 1. The summed E-state index contributed by atoms with van der Waals surface area (Å²) in [5.41, 5.74) is 4.27. The first-order valence-corrected chi connectivity index (χ1v) is 9.97. The van der Waals surface area contributed by atoms with Crippen LogP contribution in [0.2, 0.25) is 5.02 Å². The van der Waals surface area contributed by atoms with Crippen LogP contribution >= 0.6 is 11.6 Å². The number of benzene rings is 3. The monoisotopic (exact) mass is 448 g/mol. The van der Waals surface area contributed by atoms with Gasteiger partial charge in [0.25, 0.3) is 11.8 Å². The number of para-hydroxylation sites is 1. The molecule has 0 radical (unpaired) electrons. The number of nitrogens with one attached hydrogen (secondary N) is 1. The van der Waals surface area contributed by atoms with Crippen molar-refractivity contribution in [3.63, 3.8) is 0 Å². The van der Waals surface area contributed by atoms with Crippen molar-refractivity contribution in [2.24, 2.45) is 0 Å². The molecule has 1 aliphatic heterocycles. The second-order valence-electron chi connectivity index (χ2n) is 6.95. The minimum absolute atomic E-state index is 0.0613. The third-order valence-electron chi connectivity index (χ3n) is 4.75. The molecule has 0 unspecified atom stereocenters. The van der Waals surface area contributed by atoms with Crippen molar-refractivity contribution in [1.82, 2.24) is 5.43 Å². The number of halogens is 1. The Morgan fingerprint density at radius 1 is 1.03 bits per heavy atom. The van der Waals surface area contributed by atoms with Gasteiger partial charge in [0.1, 0.15) is 17.9 Å². The molecule has 3 aromatic carbocycles. The van der Waals surface area contributed by atoms with Gasteiger partial charge in [0.2, 0.25) is 0 Å². The number of aromatic carboxylic acids is 1. The van der Waals surface area contributed by atoms with Crippen molar-refractivity contribution in [2.45, 2.75) is 6.61 Å². The van der Waals surface area contributed by atoms with Crippen LogP contribution in [0.4, 0.5) is 5.69 Å². The number of carboxylic acid groups (broad SMARTS) is 1. The van der Waals surface area contributed by atoms with Gasteiger partial charge in [0.05, 0.1) is 11.3 Å². The highest BCUT2D eigenvalue weighted by atomic mass is 35.5. The molecular weight excluding hydrogens is 432 g/mol. The molecule has 32 heavy (non-hydrogen) atoms. The summed E-state index contributed by atoms with van der Waals surface area (Å²) >= 11 is 6.13. The van der Waals surface area contributed by atoms with E-state index in [0.29, 0.717) is 27.6 Å². The number of hydrazine groups is 1. The lowest BCUT2D eigenvalue weighted by Crippen LogP contribution is -2.35. The van der Waals surface area contributed by atoms with E-state index in [1.165, 1.54) is 23.2 Å². The maximum atomic E-state index is 12.8. The smallest absolute Gasteiger partial charge is 0.335 e. The van der Waals surface area contributed by atoms with E-state index in [-0.39, 0.29) is 17.7 Å².